The molecule has 4 aliphatic heterocycles. The Bertz CT molecular complexity index is 5750. The van der Waals surface area contributed by atoms with E-state index in [0.29, 0.717) is 18.0 Å². The molecule has 0 aliphatic carbocycles. The fourth-order valence-electron chi connectivity index (χ4n) is 17.9. The predicted octanol–water partition coefficient (Wildman–Crippen LogP) is 27.0. The Hall–Kier alpha value is -12.8. The van der Waals surface area contributed by atoms with Gasteiger partial charge >= 0.3 is 0 Å². The van der Waals surface area contributed by atoms with Gasteiger partial charge < -0.3 is 39.2 Å². The zero-order valence-electron chi connectivity index (χ0n) is 73.5. The number of aromatic nitrogens is 4. The lowest BCUT2D eigenvalue weighted by molar-refractivity contribution is 0.726. The van der Waals surface area contributed by atoms with Gasteiger partial charge in [0.2, 0.25) is 0 Å². The Morgan fingerprint density at radius 1 is 0.269 bits per heavy atom. The number of benzene rings is 9. The summed E-state index contributed by atoms with van der Waals surface area (Å²) in [5.74, 6) is 0.932. The number of fused-ring (bicyclic) bond motifs is 1. The maximum absolute atomic E-state index is 4.94. The van der Waals surface area contributed by atoms with Crippen LogP contribution in [0.2, 0.25) is 0 Å². The lowest BCUT2D eigenvalue weighted by atomic mass is 9.92. The first kappa shape index (κ1) is 82.7. The Morgan fingerprint density at radius 2 is 0.597 bits per heavy atom. The van der Waals surface area contributed by atoms with Crippen molar-refractivity contribution in [2.75, 3.05) is 46.2 Å². The highest BCUT2D eigenvalue weighted by molar-refractivity contribution is 5.93. The summed E-state index contributed by atoms with van der Waals surface area (Å²) in [6.45, 7) is 44.1. The van der Waals surface area contributed by atoms with Gasteiger partial charge in [-0.25, -0.2) is 0 Å². The van der Waals surface area contributed by atoms with Gasteiger partial charge in [0.05, 0.1) is 81.7 Å². The van der Waals surface area contributed by atoms with Crippen molar-refractivity contribution in [3.8, 4) is 56.0 Å². The van der Waals surface area contributed by atoms with Crippen molar-refractivity contribution in [1.82, 2.24) is 19.9 Å². The number of hydrogen-bond donors (Lipinski definition) is 0. The quantitative estimate of drug-likeness (QED) is 0.104. The molecule has 0 unspecified atom stereocenters. The summed E-state index contributed by atoms with van der Waals surface area (Å²) >= 11 is 0. The molecule has 4 atom stereocenters. The lowest BCUT2D eigenvalue weighted by Crippen LogP contribution is -2.37. The molecule has 0 saturated carbocycles. The van der Waals surface area contributed by atoms with Gasteiger partial charge in [-0.3, -0.25) is 19.9 Å². The van der Waals surface area contributed by atoms with Gasteiger partial charge in [-0.15, -0.1) is 0 Å². The van der Waals surface area contributed by atoms with Gasteiger partial charge in [0.1, 0.15) is 24.7 Å². The number of anilines is 9. The fourth-order valence-corrected chi connectivity index (χ4v) is 17.9. The Balaban J connectivity index is 0.000000134. The van der Waals surface area contributed by atoms with Crippen LogP contribution in [0, 0.1) is 83.1 Å². The second-order valence-electron chi connectivity index (χ2n) is 33.1. The molecule has 0 fully saturated rings. The van der Waals surface area contributed by atoms with E-state index >= 15 is 0 Å². The Kier molecular flexibility index (Phi) is 24.7. The molecule has 119 heavy (non-hydrogen) atoms. The molecule has 0 bridgehead atoms. The van der Waals surface area contributed by atoms with Gasteiger partial charge in [-0.05, 0) is 248 Å². The van der Waals surface area contributed by atoms with Crippen LogP contribution in [0.15, 0.2) is 287 Å². The molecular weight excluding hydrogens is 1450 g/mol. The molecule has 604 valence electrons. The van der Waals surface area contributed by atoms with Gasteiger partial charge in [0.15, 0.2) is 0 Å². The minimum Gasteiger partial charge on any atom is -0.353 e. The minimum atomic E-state index is 0.0730. The Morgan fingerprint density at radius 3 is 0.966 bits per heavy atom. The van der Waals surface area contributed by atoms with Gasteiger partial charge in [0, 0.05) is 89.6 Å². The van der Waals surface area contributed by atoms with Crippen LogP contribution in [0.5, 0.6) is 0 Å². The SMILES string of the molecule is Cc1cc(-c2c(C)cccc2C)ncc1N1C=CN(c2c(-c3ccccc3)cccc2-c2ccccc2)[C@H]1C.Cc1cc(-c2c(C)cccc2C)ncc1N1C=CN(c2c(C(C)C)cccc2C(C)C)[C@H]1C.Cc1cc(-c2c(C)cccc2C)ncc1N1C=CN(c2c(C)cccc2C)[C@H]1C.Cc1ccncc1N1c2ccccc2N(C)[C@H]1C. The van der Waals surface area contributed by atoms with Crippen LogP contribution in [0.25, 0.3) is 56.0 Å². The van der Waals surface area contributed by atoms with Crippen LogP contribution < -0.4 is 39.2 Å². The fraction of sp³-hybridized carbons (Fsp3) is 0.252. The molecule has 9 aromatic carbocycles. The van der Waals surface area contributed by atoms with E-state index in [2.05, 4.69) is 445 Å². The van der Waals surface area contributed by atoms with E-state index in [4.69, 9.17) is 15.0 Å². The number of rotatable bonds is 14. The molecule has 0 radical (unpaired) electrons. The highest BCUT2D eigenvalue weighted by atomic mass is 15.4. The maximum atomic E-state index is 4.94. The van der Waals surface area contributed by atoms with Crippen molar-refractivity contribution in [2.45, 2.75) is 175 Å². The van der Waals surface area contributed by atoms with Crippen LogP contribution in [0.3, 0.4) is 0 Å². The van der Waals surface area contributed by atoms with Crippen LogP contribution in [-0.2, 0) is 0 Å². The molecule has 13 aromatic rings. The van der Waals surface area contributed by atoms with E-state index in [1.54, 1.807) is 0 Å². The smallest absolute Gasteiger partial charge is 0.107 e. The third-order valence-corrected chi connectivity index (χ3v) is 24.4. The first-order valence-electron chi connectivity index (χ1n) is 42.1. The molecule has 12 heteroatoms. The van der Waals surface area contributed by atoms with Crippen LogP contribution >= 0.6 is 0 Å². The zero-order chi connectivity index (χ0) is 84.2. The van der Waals surface area contributed by atoms with E-state index < -0.39 is 0 Å². The molecular formula is C107H116N12. The second kappa shape index (κ2) is 35.6. The molecule has 12 nitrogen and oxygen atoms in total. The number of nitrogens with zero attached hydrogens (tertiary/aromatic N) is 12. The second-order valence-corrected chi connectivity index (χ2v) is 33.1. The third-order valence-electron chi connectivity index (χ3n) is 24.4. The number of hydrogen-bond acceptors (Lipinski definition) is 12. The van der Waals surface area contributed by atoms with Crippen LogP contribution in [0.4, 0.5) is 51.2 Å². The zero-order valence-corrected chi connectivity index (χ0v) is 73.5. The summed E-state index contributed by atoms with van der Waals surface area (Å²) in [5, 5.41) is 0. The number of aryl methyl sites for hydroxylation is 12. The highest BCUT2D eigenvalue weighted by Crippen LogP contribution is 2.48. The largest absolute Gasteiger partial charge is 0.353 e. The van der Waals surface area contributed by atoms with Crippen molar-refractivity contribution in [3.63, 3.8) is 0 Å². The third kappa shape index (κ3) is 16.7. The van der Waals surface area contributed by atoms with Crippen molar-refractivity contribution >= 4 is 51.2 Å². The standard InChI is InChI=1S/C36H33N3.C30H37N3.C26H29N3.C15H17N3/c1-25-13-11-14-26(2)35(25)33-23-27(3)34(24-37-33)38-21-22-39(28(38)4)36-31(29-15-7-5-8-16-29)19-12-20-32(36)30-17-9-6-10-18-30;1-19(2)25-13-10-14-26(20(3)4)30(25)33-16-15-32(24(33)8)28-18-31-27(17-23(28)7)29-21(5)11-9-12-22(29)6;1-17-9-7-10-18(2)25(17)23-15-21(5)24(16-27-23)28-13-14-29(22(28)6)26-19(3)11-8-12-20(26)4;1-11-8-9-16-10-15(11)18-12(2)17(3)13-6-4-5-7-14(13)18/h5-24,28H,1-4H3;9-20,24H,1-8H3;7-16,22H,1-6H3;4-10,12H,1-3H3/t28-;24-;22-;12-/m0001/s1. The van der Waals surface area contributed by atoms with Crippen LogP contribution in [0.1, 0.15) is 145 Å². The van der Waals surface area contributed by atoms with Crippen molar-refractivity contribution in [3.05, 3.63) is 364 Å². The minimum absolute atomic E-state index is 0.0730. The molecule has 0 spiro atoms. The van der Waals surface area contributed by atoms with Crippen molar-refractivity contribution < 1.29 is 0 Å². The van der Waals surface area contributed by atoms with E-state index in [9.17, 15) is 0 Å². The molecule has 8 heterocycles. The Labute approximate surface area is 708 Å². The summed E-state index contributed by atoms with van der Waals surface area (Å²) in [6, 6.07) is 77.7. The maximum Gasteiger partial charge on any atom is 0.107 e. The molecule has 0 N–H and O–H groups in total. The topological polar surface area (TPSA) is 77.5 Å². The number of pyridine rings is 4. The molecule has 0 saturated heterocycles. The monoisotopic (exact) mass is 1570 g/mol. The molecule has 0 amide bonds. The molecule has 4 aliphatic rings. The van der Waals surface area contributed by atoms with Gasteiger partial charge in [-0.2, -0.15) is 0 Å². The van der Waals surface area contributed by atoms with E-state index in [1.165, 1.54) is 151 Å². The molecule has 4 aromatic heterocycles. The van der Waals surface area contributed by atoms with Crippen molar-refractivity contribution in [2.24, 2.45) is 0 Å². The highest BCUT2D eigenvalue weighted by Gasteiger charge is 2.35. The first-order chi connectivity index (χ1) is 57.3. The first-order valence-corrected chi connectivity index (χ1v) is 42.1. The summed E-state index contributed by atoms with van der Waals surface area (Å²) in [4.78, 5) is 37.8. The summed E-state index contributed by atoms with van der Waals surface area (Å²) in [7, 11) is 2.13. The van der Waals surface area contributed by atoms with E-state index in [1.807, 2.05) is 31.0 Å². The summed E-state index contributed by atoms with van der Waals surface area (Å²) in [6.07, 6.45) is 23.8. The lowest BCUT2D eigenvalue weighted by Gasteiger charge is -2.34. The summed E-state index contributed by atoms with van der Waals surface area (Å²) < 4.78 is 0. The average Bonchev–Trinajstić information content (AvgIpc) is 1.46. The van der Waals surface area contributed by atoms with Crippen molar-refractivity contribution in [1.29, 1.82) is 0 Å². The van der Waals surface area contributed by atoms with E-state index in [0.717, 1.165) is 34.1 Å². The van der Waals surface area contributed by atoms with Gasteiger partial charge in [0.25, 0.3) is 0 Å². The molecule has 17 rings (SSSR count). The normalized spacial score (nSPS) is 15.9. The summed E-state index contributed by atoms with van der Waals surface area (Å²) in [5.41, 5.74) is 40.6. The van der Waals surface area contributed by atoms with Gasteiger partial charge in [-0.1, -0.05) is 210 Å². The average molecular weight is 1570 g/mol. The predicted molar refractivity (Wildman–Crippen MR) is 506 cm³/mol. The number of para-hydroxylation sites is 5. The van der Waals surface area contributed by atoms with E-state index in [-0.39, 0.29) is 18.5 Å². The van der Waals surface area contributed by atoms with Crippen LogP contribution in [-0.4, -0.2) is 51.6 Å².